The third-order valence-corrected chi connectivity index (χ3v) is 3.26. The molecule has 2 nitrogen and oxygen atoms in total. The number of fused-ring (bicyclic) bond motifs is 1. The van der Waals surface area contributed by atoms with Crippen LogP contribution in [0.25, 0.3) is 16.7 Å². The molecule has 108 valence electrons. The average Bonchev–Trinajstić information content (AvgIpc) is 2.80. The van der Waals surface area contributed by atoms with E-state index in [0.717, 1.165) is 16.7 Å². The molecule has 0 aliphatic heterocycles. The van der Waals surface area contributed by atoms with E-state index in [9.17, 15) is 17.6 Å². The van der Waals surface area contributed by atoms with Gasteiger partial charge in [-0.3, -0.25) is 4.57 Å². The van der Waals surface area contributed by atoms with Crippen molar-refractivity contribution >= 4 is 22.6 Å². The number of nitrogens with zero attached hydrogens (tertiary/aromatic N) is 2. The first-order chi connectivity index (χ1) is 10.0. The molecule has 21 heavy (non-hydrogen) atoms. The third kappa shape index (κ3) is 2.25. The summed E-state index contributed by atoms with van der Waals surface area (Å²) in [5.41, 5.74) is 0.113. The maximum Gasteiger partial charge on any atom is 0.183 e. The molecule has 7 heteroatoms. The lowest BCUT2D eigenvalue weighted by atomic mass is 10.2. The SMILES string of the molecule is Fc1cc(F)c(F)c(-n2c(CCl)nc3ccc(F)cc32)c1. The van der Waals surface area contributed by atoms with E-state index < -0.39 is 29.0 Å². The lowest BCUT2D eigenvalue weighted by Gasteiger charge is -2.10. The van der Waals surface area contributed by atoms with Gasteiger partial charge in [-0.15, -0.1) is 11.6 Å². The third-order valence-electron chi connectivity index (χ3n) is 3.02. The number of imidazole rings is 1. The van der Waals surface area contributed by atoms with Gasteiger partial charge in [-0.2, -0.15) is 0 Å². The van der Waals surface area contributed by atoms with Crippen molar-refractivity contribution in [1.82, 2.24) is 9.55 Å². The number of rotatable bonds is 2. The van der Waals surface area contributed by atoms with Crippen molar-refractivity contribution in [2.75, 3.05) is 0 Å². The van der Waals surface area contributed by atoms with E-state index in [1.54, 1.807) is 0 Å². The van der Waals surface area contributed by atoms with E-state index >= 15 is 0 Å². The molecule has 0 radical (unpaired) electrons. The topological polar surface area (TPSA) is 17.8 Å². The number of benzene rings is 2. The van der Waals surface area contributed by atoms with Crippen LogP contribution in [-0.2, 0) is 5.88 Å². The molecule has 0 bridgehead atoms. The molecule has 2 aromatic carbocycles. The molecule has 0 atom stereocenters. The summed E-state index contributed by atoms with van der Waals surface area (Å²) in [6.07, 6.45) is 0. The van der Waals surface area contributed by atoms with Gasteiger partial charge in [-0.25, -0.2) is 22.5 Å². The minimum Gasteiger partial charge on any atom is -0.292 e. The van der Waals surface area contributed by atoms with Crippen molar-refractivity contribution < 1.29 is 17.6 Å². The molecule has 0 saturated carbocycles. The van der Waals surface area contributed by atoms with E-state index in [4.69, 9.17) is 11.6 Å². The lowest BCUT2D eigenvalue weighted by molar-refractivity contribution is 0.490. The molecule has 0 N–H and O–H groups in total. The zero-order valence-electron chi connectivity index (χ0n) is 10.4. The molecule has 0 aliphatic rings. The highest BCUT2D eigenvalue weighted by molar-refractivity contribution is 6.17. The Labute approximate surface area is 121 Å². The van der Waals surface area contributed by atoms with E-state index in [0.29, 0.717) is 11.6 Å². The van der Waals surface area contributed by atoms with Gasteiger partial charge in [0.2, 0.25) is 0 Å². The van der Waals surface area contributed by atoms with Crippen LogP contribution in [0, 0.1) is 23.3 Å². The van der Waals surface area contributed by atoms with Gasteiger partial charge >= 0.3 is 0 Å². The Morgan fingerprint density at radius 2 is 1.76 bits per heavy atom. The van der Waals surface area contributed by atoms with Gasteiger partial charge in [-0.05, 0) is 12.1 Å². The second-order valence-electron chi connectivity index (χ2n) is 4.35. The first kappa shape index (κ1) is 13.9. The van der Waals surface area contributed by atoms with E-state index in [1.807, 2.05) is 0 Å². The van der Waals surface area contributed by atoms with Crippen molar-refractivity contribution in [3.05, 3.63) is 59.4 Å². The maximum absolute atomic E-state index is 14.0. The smallest absolute Gasteiger partial charge is 0.183 e. The second kappa shape index (κ2) is 5.04. The summed E-state index contributed by atoms with van der Waals surface area (Å²) in [4.78, 5) is 4.10. The van der Waals surface area contributed by atoms with Crippen molar-refractivity contribution in [3.8, 4) is 5.69 Å². The number of aromatic nitrogens is 2. The van der Waals surface area contributed by atoms with Crippen molar-refractivity contribution in [2.24, 2.45) is 0 Å². The summed E-state index contributed by atoms with van der Waals surface area (Å²) in [6, 6.07) is 4.89. The largest absolute Gasteiger partial charge is 0.292 e. The van der Waals surface area contributed by atoms with Crippen LogP contribution in [0.3, 0.4) is 0 Å². The molecule has 1 aromatic heterocycles. The fourth-order valence-corrected chi connectivity index (χ4v) is 2.34. The van der Waals surface area contributed by atoms with Crippen LogP contribution in [0.5, 0.6) is 0 Å². The summed E-state index contributed by atoms with van der Waals surface area (Å²) in [5, 5.41) is 0. The first-order valence-electron chi connectivity index (χ1n) is 5.89. The highest BCUT2D eigenvalue weighted by atomic mass is 35.5. The van der Waals surface area contributed by atoms with E-state index in [2.05, 4.69) is 4.98 Å². The van der Waals surface area contributed by atoms with Crippen LogP contribution in [0.1, 0.15) is 5.82 Å². The normalized spacial score (nSPS) is 11.3. The number of hydrogen-bond donors (Lipinski definition) is 0. The summed E-state index contributed by atoms with van der Waals surface area (Å²) in [6.45, 7) is 0. The van der Waals surface area contributed by atoms with Gasteiger partial charge in [-0.1, -0.05) is 0 Å². The fourth-order valence-electron chi connectivity index (χ4n) is 2.16. The summed E-state index contributed by atoms with van der Waals surface area (Å²) >= 11 is 5.74. The Morgan fingerprint density at radius 3 is 2.48 bits per heavy atom. The average molecular weight is 315 g/mol. The maximum atomic E-state index is 14.0. The summed E-state index contributed by atoms with van der Waals surface area (Å²) in [7, 11) is 0. The molecule has 3 aromatic rings. The highest BCUT2D eigenvalue weighted by Crippen LogP contribution is 2.27. The van der Waals surface area contributed by atoms with Gasteiger partial charge in [0.1, 0.15) is 17.5 Å². The zero-order valence-corrected chi connectivity index (χ0v) is 11.1. The van der Waals surface area contributed by atoms with E-state index in [-0.39, 0.29) is 17.2 Å². The number of alkyl halides is 1. The number of hydrogen-bond acceptors (Lipinski definition) is 1. The van der Waals surface area contributed by atoms with Crippen molar-refractivity contribution in [1.29, 1.82) is 0 Å². The van der Waals surface area contributed by atoms with Gasteiger partial charge in [0, 0.05) is 18.2 Å². The molecule has 0 unspecified atom stereocenters. The van der Waals surface area contributed by atoms with Crippen LogP contribution in [0.2, 0.25) is 0 Å². The van der Waals surface area contributed by atoms with Gasteiger partial charge in [0.05, 0.1) is 22.6 Å². The van der Waals surface area contributed by atoms with Crippen LogP contribution in [-0.4, -0.2) is 9.55 Å². The second-order valence-corrected chi connectivity index (χ2v) is 4.62. The minimum atomic E-state index is -1.34. The Kier molecular flexibility index (Phi) is 3.33. The highest BCUT2D eigenvalue weighted by Gasteiger charge is 2.19. The molecule has 0 amide bonds. The fraction of sp³-hybridized carbons (Fsp3) is 0.0714. The summed E-state index contributed by atoms with van der Waals surface area (Å²) in [5.74, 6) is -4.12. The molecular weight excluding hydrogens is 308 g/mol. The Bertz CT molecular complexity index is 845. The standard InChI is InChI=1S/C14H7ClF4N2/c15-6-13-20-10-2-1-7(16)4-11(10)21(13)12-5-8(17)3-9(18)14(12)19/h1-5H,6H2. The van der Waals surface area contributed by atoms with Crippen LogP contribution in [0.4, 0.5) is 17.6 Å². The Hall–Kier alpha value is -2.08. The lowest BCUT2D eigenvalue weighted by Crippen LogP contribution is -2.05. The minimum absolute atomic E-state index is 0.131. The van der Waals surface area contributed by atoms with Crippen molar-refractivity contribution in [3.63, 3.8) is 0 Å². The predicted octanol–water partition coefficient (Wildman–Crippen LogP) is 4.32. The molecule has 1 heterocycles. The molecule has 0 spiro atoms. The van der Waals surface area contributed by atoms with Crippen LogP contribution in [0.15, 0.2) is 30.3 Å². The molecular formula is C14H7ClF4N2. The molecule has 0 aliphatic carbocycles. The molecule has 0 fully saturated rings. The zero-order chi connectivity index (χ0) is 15.1. The van der Waals surface area contributed by atoms with Gasteiger partial charge in [0.15, 0.2) is 11.6 Å². The van der Waals surface area contributed by atoms with E-state index in [1.165, 1.54) is 12.1 Å². The van der Waals surface area contributed by atoms with Crippen LogP contribution < -0.4 is 0 Å². The number of halogens is 5. The monoisotopic (exact) mass is 314 g/mol. The van der Waals surface area contributed by atoms with Crippen LogP contribution >= 0.6 is 11.6 Å². The Morgan fingerprint density at radius 1 is 1.00 bits per heavy atom. The predicted molar refractivity (Wildman–Crippen MR) is 70.5 cm³/mol. The Balaban J connectivity index is 2.41. The first-order valence-corrected chi connectivity index (χ1v) is 6.42. The molecule has 3 rings (SSSR count). The molecule has 0 saturated heterocycles. The summed E-state index contributed by atoms with van der Waals surface area (Å²) < 4.78 is 55.2. The van der Waals surface area contributed by atoms with Gasteiger partial charge < -0.3 is 0 Å². The van der Waals surface area contributed by atoms with Gasteiger partial charge in [0.25, 0.3) is 0 Å². The quantitative estimate of drug-likeness (QED) is 0.391. The van der Waals surface area contributed by atoms with Crippen molar-refractivity contribution in [2.45, 2.75) is 5.88 Å².